The quantitative estimate of drug-likeness (QED) is 0.0897. The van der Waals surface area contributed by atoms with Gasteiger partial charge in [-0.3, -0.25) is 0 Å². The van der Waals surface area contributed by atoms with Crippen LogP contribution in [0, 0.1) is 0 Å². The Labute approximate surface area is 760 Å². The molecule has 1 saturated heterocycles. The van der Waals surface area contributed by atoms with Crippen molar-refractivity contribution < 1.29 is 9.31 Å². The Bertz CT molecular complexity index is 7800. The number of hydrogen-bond donors (Lipinski definition) is 0. The van der Waals surface area contributed by atoms with Gasteiger partial charge in [0.15, 0.2) is 0 Å². The van der Waals surface area contributed by atoms with Crippen LogP contribution >= 0.6 is 15.9 Å². The molecule has 2 nitrogen and oxygen atoms in total. The van der Waals surface area contributed by atoms with Crippen LogP contribution in [0.1, 0.15) is 42.5 Å². The van der Waals surface area contributed by atoms with E-state index in [1.165, 1.54) is 203 Å². The van der Waals surface area contributed by atoms with Crippen LogP contribution in [0.25, 0.3) is 209 Å². The number of benzene rings is 22. The van der Waals surface area contributed by atoms with Gasteiger partial charge in [-0.1, -0.05) is 431 Å². The maximum absolute atomic E-state index is 6.27. The largest absolute Gasteiger partial charge is 0.494 e. The summed E-state index contributed by atoms with van der Waals surface area (Å²) in [6.45, 7) is 8.35. The van der Waals surface area contributed by atoms with Gasteiger partial charge in [-0.15, -0.1) is 0 Å². The monoisotopic (exact) mass is 1710 g/mol. The molecule has 0 bridgehead atoms. The van der Waals surface area contributed by atoms with Gasteiger partial charge in [0.2, 0.25) is 0 Å². The van der Waals surface area contributed by atoms with Gasteiger partial charge in [0, 0.05) is 4.47 Å². The molecular weight excluding hydrogens is 1610 g/mol. The van der Waals surface area contributed by atoms with Crippen LogP contribution in [0.5, 0.6) is 0 Å². The highest BCUT2D eigenvalue weighted by Crippen LogP contribution is 2.49. The molecule has 0 unspecified atom stereocenters. The third-order valence-electron chi connectivity index (χ3n) is 25.8. The van der Waals surface area contributed by atoms with E-state index in [-0.39, 0.29) is 33.2 Å². The summed E-state index contributed by atoms with van der Waals surface area (Å²) in [7, 11) is -0.360. The summed E-state index contributed by atoms with van der Waals surface area (Å²) < 4.78 is 13.6. The first-order valence-electron chi connectivity index (χ1n) is 43.5. The van der Waals surface area contributed by atoms with E-state index in [9.17, 15) is 0 Å². The van der Waals surface area contributed by atoms with Crippen molar-refractivity contribution in [2.45, 2.75) is 53.8 Å². The van der Waals surface area contributed by atoms with Gasteiger partial charge < -0.3 is 9.31 Å². The molecule has 22 aromatic rings. The molecule has 0 N–H and O–H groups in total. The molecule has 1 aliphatic rings. The minimum atomic E-state index is -0.360. The molecule has 1 heterocycles. The molecule has 0 saturated carbocycles. The summed E-state index contributed by atoms with van der Waals surface area (Å²) in [6, 6.07) is 167. The molecule has 0 amide bonds. The van der Waals surface area contributed by atoms with E-state index in [0.29, 0.717) is 0 Å². The zero-order valence-corrected chi connectivity index (χ0v) is 72.2. The predicted molar refractivity (Wildman–Crippen MR) is 556 cm³/mol. The SMILES string of the molecule is Brc1ccc2ccc(-c3c4ccccc4c(-c4cccc5ccccc45)c4ccccc34)cc2c1.C.C.CC1(C)OB(c2cccc(-c3cccc(-c4cccc(-c5ccccc5)c4)c3)c2)OC1(C)C.c1ccc(-c2cccc(-c3cccc(-c4cccc(-c5ccc6ccc(-c7c8ccccc8c(-c8cccc9ccccc89)c8ccccc78)cc6c5)c4)c3)c2)cc1. The van der Waals surface area contributed by atoms with Gasteiger partial charge in [0.05, 0.1) is 11.2 Å². The lowest BCUT2D eigenvalue weighted by atomic mass is 9.78. The third kappa shape index (κ3) is 16.1. The molecular formula is C124H96BBrO2. The van der Waals surface area contributed by atoms with Crippen molar-refractivity contribution in [3.63, 3.8) is 0 Å². The number of hydrogen-bond acceptors (Lipinski definition) is 2. The minimum Gasteiger partial charge on any atom is -0.399 e. The molecule has 23 rings (SSSR count). The zero-order chi connectivity index (χ0) is 84.8. The lowest BCUT2D eigenvalue weighted by Crippen LogP contribution is -2.41. The van der Waals surface area contributed by atoms with Gasteiger partial charge >= 0.3 is 7.12 Å². The average Bonchev–Trinajstić information content (AvgIpc) is 0.972. The lowest BCUT2D eigenvalue weighted by molar-refractivity contribution is 0.00578. The fourth-order valence-corrected chi connectivity index (χ4v) is 19.2. The van der Waals surface area contributed by atoms with Gasteiger partial charge in [-0.2, -0.15) is 0 Å². The Morgan fingerprint density at radius 2 is 0.422 bits per heavy atom. The molecule has 128 heavy (non-hydrogen) atoms. The number of halogens is 1. The van der Waals surface area contributed by atoms with Crippen LogP contribution in [0.15, 0.2) is 466 Å². The van der Waals surface area contributed by atoms with Crippen LogP contribution in [-0.4, -0.2) is 18.3 Å². The van der Waals surface area contributed by atoms with Crippen LogP contribution in [-0.2, 0) is 9.31 Å². The zero-order valence-electron chi connectivity index (χ0n) is 70.7. The summed E-state index contributed by atoms with van der Waals surface area (Å²) in [5.41, 5.74) is 27.4. The van der Waals surface area contributed by atoms with Crippen molar-refractivity contribution in [1.29, 1.82) is 0 Å². The Kier molecular flexibility index (Phi) is 23.0. The molecule has 0 radical (unpaired) electrons. The van der Waals surface area contributed by atoms with Crippen LogP contribution in [0.3, 0.4) is 0 Å². The highest BCUT2D eigenvalue weighted by molar-refractivity contribution is 9.10. The molecule has 0 spiro atoms. The second kappa shape index (κ2) is 35.4. The molecule has 1 aliphatic heterocycles. The maximum atomic E-state index is 6.27. The Balaban J connectivity index is 0.000000132. The smallest absolute Gasteiger partial charge is 0.399 e. The first-order chi connectivity index (χ1) is 61.8. The van der Waals surface area contributed by atoms with E-state index < -0.39 is 0 Å². The summed E-state index contributed by atoms with van der Waals surface area (Å²) in [5, 5.41) is 20.2. The van der Waals surface area contributed by atoms with E-state index in [1.807, 2.05) is 0 Å². The van der Waals surface area contributed by atoms with Crippen molar-refractivity contribution >= 4 is 115 Å². The molecule has 0 aromatic heterocycles. The van der Waals surface area contributed by atoms with E-state index in [1.54, 1.807) is 0 Å². The molecule has 614 valence electrons. The van der Waals surface area contributed by atoms with E-state index >= 15 is 0 Å². The fourth-order valence-electron chi connectivity index (χ4n) is 18.8. The van der Waals surface area contributed by atoms with E-state index in [0.717, 1.165) is 15.5 Å². The second-order valence-electron chi connectivity index (χ2n) is 34.1. The summed E-state index contributed by atoms with van der Waals surface area (Å²) in [5.74, 6) is 0. The summed E-state index contributed by atoms with van der Waals surface area (Å²) in [6.07, 6.45) is 0. The third-order valence-corrected chi connectivity index (χ3v) is 26.3. The van der Waals surface area contributed by atoms with Gasteiger partial charge in [0.25, 0.3) is 0 Å². The predicted octanol–water partition coefficient (Wildman–Crippen LogP) is 35.0. The van der Waals surface area contributed by atoms with Crippen molar-refractivity contribution in [2.75, 3.05) is 0 Å². The van der Waals surface area contributed by atoms with Crippen molar-refractivity contribution in [1.82, 2.24) is 0 Å². The topological polar surface area (TPSA) is 18.5 Å². The number of rotatable bonds is 12. The highest BCUT2D eigenvalue weighted by atomic mass is 79.9. The van der Waals surface area contributed by atoms with Crippen LogP contribution < -0.4 is 5.46 Å². The second-order valence-corrected chi connectivity index (χ2v) is 35.0. The first-order valence-corrected chi connectivity index (χ1v) is 44.3. The van der Waals surface area contributed by atoms with E-state index in [4.69, 9.17) is 9.31 Å². The Morgan fingerprint density at radius 3 is 0.781 bits per heavy atom. The van der Waals surface area contributed by atoms with Gasteiger partial charge in [-0.25, -0.2) is 0 Å². The molecule has 0 atom stereocenters. The molecule has 22 aromatic carbocycles. The maximum Gasteiger partial charge on any atom is 0.494 e. The minimum absolute atomic E-state index is 0. The van der Waals surface area contributed by atoms with Gasteiger partial charge in [-0.05, 0) is 302 Å². The van der Waals surface area contributed by atoms with Crippen molar-refractivity contribution in [2.24, 2.45) is 0 Å². The lowest BCUT2D eigenvalue weighted by Gasteiger charge is -2.32. The van der Waals surface area contributed by atoms with Crippen molar-refractivity contribution in [3.05, 3.63) is 466 Å². The highest BCUT2D eigenvalue weighted by Gasteiger charge is 2.51. The molecule has 4 heteroatoms. The standard InChI is InChI=1S/C58H38.C34H21Br.C30H29BO2.2CH4/c1-2-14-39(15-3-1)42-18-10-19-43(34-42)44-20-11-21-45(35-44)46-22-12-23-47(36-46)48-32-30-40-31-33-49(38-50(40)37-48)57-53-25-6-8-27-55(53)58(56-28-9-7-26-54(56)57)52-29-13-17-41-16-4-5-24-51(41)52;35-26-19-18-22-16-17-24(20-25(22)21-26)33-29-11-3-5-13-31(29)34(32-14-6-4-12-30(32)33)28-15-7-9-23-8-1-2-10-27(23)28;1-29(2)30(3,4)33-31(32-29)28-18-10-17-27(21-28)26-16-9-15-25(20-26)24-14-8-13-23(19-24)22-11-6-5-7-12-22;;/h1-38H;1-21H;5-21H,1-4H3;2*1H4. The van der Waals surface area contributed by atoms with Crippen LogP contribution in [0.4, 0.5) is 0 Å². The van der Waals surface area contributed by atoms with E-state index in [2.05, 4.69) is 505 Å². The van der Waals surface area contributed by atoms with Crippen LogP contribution in [0.2, 0.25) is 0 Å². The normalized spacial score (nSPS) is 12.6. The summed E-state index contributed by atoms with van der Waals surface area (Å²) in [4.78, 5) is 0. The summed E-state index contributed by atoms with van der Waals surface area (Å²) >= 11 is 3.65. The fraction of sp³-hybridized carbons (Fsp3) is 0.0645. The Morgan fingerprint density at radius 1 is 0.180 bits per heavy atom. The average molecular weight is 1710 g/mol. The van der Waals surface area contributed by atoms with Gasteiger partial charge in [0.1, 0.15) is 0 Å². The molecule has 1 fully saturated rings. The first kappa shape index (κ1) is 83.0. The van der Waals surface area contributed by atoms with Crippen molar-refractivity contribution in [3.8, 4) is 122 Å². The molecule has 0 aliphatic carbocycles. The Hall–Kier alpha value is -14.6. The number of fused-ring (bicyclic) bond motifs is 8.